The molecule has 2 nitrogen and oxygen atoms in total. The average molecular weight is 214 g/mol. The van der Waals surface area contributed by atoms with Gasteiger partial charge in [0.15, 0.2) is 0 Å². The summed E-state index contributed by atoms with van der Waals surface area (Å²) in [4.78, 5) is 0. The molecule has 2 aromatic rings. The first kappa shape index (κ1) is 10.9. The van der Waals surface area contributed by atoms with Crippen LogP contribution in [0.25, 0.3) is 5.69 Å². The Kier molecular flexibility index (Phi) is 3.09. The van der Waals surface area contributed by atoms with E-state index in [1.54, 1.807) is 0 Å². The molecule has 0 radical (unpaired) electrons. The Labute approximate surface area is 96.9 Å². The second kappa shape index (κ2) is 4.52. The molecular weight excluding hydrogens is 196 g/mol. The van der Waals surface area contributed by atoms with E-state index in [2.05, 4.69) is 37.1 Å². The van der Waals surface area contributed by atoms with Crippen molar-refractivity contribution >= 4 is 0 Å². The summed E-state index contributed by atoms with van der Waals surface area (Å²) in [6.07, 6.45) is 4.36. The summed E-state index contributed by atoms with van der Waals surface area (Å²) in [5, 5.41) is 4.43. The average Bonchev–Trinajstić information content (AvgIpc) is 2.65. The van der Waals surface area contributed by atoms with Crippen LogP contribution < -0.4 is 0 Å². The van der Waals surface area contributed by atoms with E-state index in [4.69, 9.17) is 0 Å². The molecule has 0 aliphatic rings. The maximum absolute atomic E-state index is 4.43. The van der Waals surface area contributed by atoms with Crippen LogP contribution in [0.5, 0.6) is 0 Å². The van der Waals surface area contributed by atoms with Crippen LogP contribution in [0.15, 0.2) is 30.5 Å². The maximum Gasteiger partial charge on any atom is 0.0674 e. The molecule has 0 fully saturated rings. The molecule has 0 aliphatic carbocycles. The van der Waals surface area contributed by atoms with Crippen molar-refractivity contribution < 1.29 is 0 Å². The lowest BCUT2D eigenvalue weighted by Crippen LogP contribution is -1.99. The molecule has 0 saturated carbocycles. The van der Waals surface area contributed by atoms with Crippen molar-refractivity contribution in [3.63, 3.8) is 0 Å². The van der Waals surface area contributed by atoms with Crippen LogP contribution in [-0.2, 0) is 6.42 Å². The van der Waals surface area contributed by atoms with Crippen LogP contribution in [-0.4, -0.2) is 9.78 Å². The van der Waals surface area contributed by atoms with Crippen molar-refractivity contribution in [2.75, 3.05) is 0 Å². The third-order valence-electron chi connectivity index (χ3n) is 2.77. The molecular formula is C14H18N2. The number of aromatic nitrogens is 2. The molecule has 0 N–H and O–H groups in total. The Hall–Kier alpha value is -1.57. The van der Waals surface area contributed by atoms with Crippen molar-refractivity contribution in [3.8, 4) is 5.69 Å². The fourth-order valence-electron chi connectivity index (χ4n) is 1.97. The highest BCUT2D eigenvalue weighted by Gasteiger charge is 2.03. The third kappa shape index (κ3) is 2.16. The molecule has 0 unspecified atom stereocenters. The normalized spacial score (nSPS) is 10.7. The van der Waals surface area contributed by atoms with E-state index in [1.165, 1.54) is 23.2 Å². The molecule has 1 aromatic carbocycles. The summed E-state index contributed by atoms with van der Waals surface area (Å²) in [6.45, 7) is 6.36. The Balaban J connectivity index is 2.36. The number of aryl methyl sites for hydroxylation is 3. The van der Waals surface area contributed by atoms with Gasteiger partial charge in [-0.2, -0.15) is 5.10 Å². The van der Waals surface area contributed by atoms with E-state index in [0.29, 0.717) is 0 Å². The van der Waals surface area contributed by atoms with Crippen molar-refractivity contribution in [2.24, 2.45) is 0 Å². The Morgan fingerprint density at radius 3 is 2.56 bits per heavy atom. The van der Waals surface area contributed by atoms with E-state index in [0.717, 1.165) is 12.1 Å². The molecule has 16 heavy (non-hydrogen) atoms. The molecule has 0 spiro atoms. The lowest BCUT2D eigenvalue weighted by molar-refractivity contribution is 0.851. The van der Waals surface area contributed by atoms with Gasteiger partial charge in [0.05, 0.1) is 11.4 Å². The van der Waals surface area contributed by atoms with Gasteiger partial charge < -0.3 is 0 Å². The second-order valence-corrected chi connectivity index (χ2v) is 4.27. The molecule has 2 rings (SSSR count). The van der Waals surface area contributed by atoms with Gasteiger partial charge in [0.2, 0.25) is 0 Å². The van der Waals surface area contributed by atoms with E-state index in [9.17, 15) is 0 Å². The second-order valence-electron chi connectivity index (χ2n) is 4.27. The number of benzene rings is 1. The first-order valence-corrected chi connectivity index (χ1v) is 5.83. The summed E-state index contributed by atoms with van der Waals surface area (Å²) >= 11 is 0. The largest absolute Gasteiger partial charge is 0.240 e. The predicted octanol–water partition coefficient (Wildman–Crippen LogP) is 3.44. The fraction of sp³-hybridized carbons (Fsp3) is 0.357. The summed E-state index contributed by atoms with van der Waals surface area (Å²) in [5.41, 5.74) is 4.92. The molecule has 0 amide bonds. The Morgan fingerprint density at radius 2 is 2.00 bits per heavy atom. The minimum absolute atomic E-state index is 1.05. The van der Waals surface area contributed by atoms with Crippen molar-refractivity contribution in [2.45, 2.75) is 33.6 Å². The van der Waals surface area contributed by atoms with Crippen LogP contribution in [0.1, 0.15) is 30.2 Å². The highest BCUT2D eigenvalue weighted by Crippen LogP contribution is 2.16. The van der Waals surface area contributed by atoms with Gasteiger partial charge in [-0.1, -0.05) is 25.5 Å². The van der Waals surface area contributed by atoms with E-state index in [-0.39, 0.29) is 0 Å². The minimum atomic E-state index is 1.05. The predicted molar refractivity (Wildman–Crippen MR) is 67.0 cm³/mol. The van der Waals surface area contributed by atoms with E-state index in [1.807, 2.05) is 23.9 Å². The van der Waals surface area contributed by atoms with Crippen LogP contribution in [0.4, 0.5) is 0 Å². The smallest absolute Gasteiger partial charge is 0.0674 e. The SMILES string of the molecule is CCCc1ccc(-n2ccc(C)n2)c(C)c1. The number of rotatable bonds is 3. The Morgan fingerprint density at radius 1 is 1.19 bits per heavy atom. The Bertz CT molecular complexity index is 483. The van der Waals surface area contributed by atoms with Gasteiger partial charge in [-0.15, -0.1) is 0 Å². The minimum Gasteiger partial charge on any atom is -0.240 e. The summed E-state index contributed by atoms with van der Waals surface area (Å²) < 4.78 is 1.94. The molecule has 0 bridgehead atoms. The molecule has 84 valence electrons. The van der Waals surface area contributed by atoms with Gasteiger partial charge in [-0.05, 0) is 43.5 Å². The number of hydrogen-bond donors (Lipinski definition) is 0. The first-order valence-electron chi connectivity index (χ1n) is 5.83. The molecule has 0 aliphatic heterocycles. The van der Waals surface area contributed by atoms with Gasteiger partial charge in [-0.3, -0.25) is 0 Å². The lowest BCUT2D eigenvalue weighted by Gasteiger charge is -2.08. The highest BCUT2D eigenvalue weighted by molar-refractivity contribution is 5.42. The highest BCUT2D eigenvalue weighted by atomic mass is 15.3. The van der Waals surface area contributed by atoms with Crippen molar-refractivity contribution in [3.05, 3.63) is 47.3 Å². The molecule has 1 aromatic heterocycles. The van der Waals surface area contributed by atoms with Gasteiger partial charge in [-0.25, -0.2) is 4.68 Å². The molecule has 1 heterocycles. The van der Waals surface area contributed by atoms with Crippen molar-refractivity contribution in [1.29, 1.82) is 0 Å². The zero-order valence-electron chi connectivity index (χ0n) is 10.2. The monoisotopic (exact) mass is 214 g/mol. The summed E-state index contributed by atoms with van der Waals surface area (Å²) in [7, 11) is 0. The molecule has 0 saturated heterocycles. The first-order chi connectivity index (χ1) is 7.70. The summed E-state index contributed by atoms with van der Waals surface area (Å²) in [6, 6.07) is 8.64. The third-order valence-corrected chi connectivity index (χ3v) is 2.77. The topological polar surface area (TPSA) is 17.8 Å². The summed E-state index contributed by atoms with van der Waals surface area (Å²) in [5.74, 6) is 0. The van der Waals surface area contributed by atoms with Gasteiger partial charge in [0, 0.05) is 6.20 Å². The standard InChI is InChI=1S/C14H18N2/c1-4-5-13-6-7-14(11(2)10-13)16-9-8-12(3)15-16/h6-10H,4-5H2,1-3H3. The van der Waals surface area contributed by atoms with E-state index < -0.39 is 0 Å². The van der Waals surface area contributed by atoms with Crippen LogP contribution in [0, 0.1) is 13.8 Å². The van der Waals surface area contributed by atoms with Gasteiger partial charge >= 0.3 is 0 Å². The molecule has 0 atom stereocenters. The zero-order chi connectivity index (χ0) is 11.5. The fourth-order valence-corrected chi connectivity index (χ4v) is 1.97. The van der Waals surface area contributed by atoms with E-state index >= 15 is 0 Å². The number of nitrogens with zero attached hydrogens (tertiary/aromatic N) is 2. The van der Waals surface area contributed by atoms with Gasteiger partial charge in [0.1, 0.15) is 0 Å². The lowest BCUT2D eigenvalue weighted by atomic mass is 10.1. The molecule has 2 heteroatoms. The van der Waals surface area contributed by atoms with Gasteiger partial charge in [0.25, 0.3) is 0 Å². The zero-order valence-corrected chi connectivity index (χ0v) is 10.2. The van der Waals surface area contributed by atoms with Crippen LogP contribution in [0.3, 0.4) is 0 Å². The van der Waals surface area contributed by atoms with Crippen LogP contribution in [0.2, 0.25) is 0 Å². The van der Waals surface area contributed by atoms with Crippen LogP contribution >= 0.6 is 0 Å². The maximum atomic E-state index is 4.43. The number of hydrogen-bond acceptors (Lipinski definition) is 1. The quantitative estimate of drug-likeness (QED) is 0.765. The van der Waals surface area contributed by atoms with Crippen molar-refractivity contribution in [1.82, 2.24) is 9.78 Å².